The molecule has 0 spiro atoms. The molecule has 0 aromatic rings. The molecule has 0 saturated heterocycles. The number of hydrogen-bond donors (Lipinski definition) is 0. The normalized spacial score (nSPS) is 23.5. The van der Waals surface area contributed by atoms with Crippen LogP contribution in [-0.2, 0) is 9.47 Å². The average Bonchev–Trinajstić information content (AvgIpc) is 2.04. The van der Waals surface area contributed by atoms with Gasteiger partial charge in [-0.2, -0.15) is 0 Å². The minimum absolute atomic E-state index is 0.103. The van der Waals surface area contributed by atoms with Crippen molar-refractivity contribution < 1.29 is 9.47 Å². The summed E-state index contributed by atoms with van der Waals surface area (Å²) in [5.41, 5.74) is 0. The van der Waals surface area contributed by atoms with Gasteiger partial charge in [0.2, 0.25) is 0 Å². The monoisotopic (exact) mass is 152 g/mol. The van der Waals surface area contributed by atoms with E-state index in [1.807, 2.05) is 6.92 Å². The smallest absolute Gasteiger partial charge is 0.161 e. The Bertz CT molecular complexity index is 204. The third kappa shape index (κ3) is 1.64. The van der Waals surface area contributed by atoms with Crippen molar-refractivity contribution in [2.45, 2.75) is 13.0 Å². The molecule has 0 aliphatic carbocycles. The molecule has 2 nitrogen and oxygen atoms in total. The van der Waals surface area contributed by atoms with Crippen LogP contribution in [0.3, 0.4) is 0 Å². The summed E-state index contributed by atoms with van der Waals surface area (Å²) in [6, 6.07) is 0. The highest BCUT2D eigenvalue weighted by atomic mass is 16.6. The van der Waals surface area contributed by atoms with Crippen molar-refractivity contribution in [1.29, 1.82) is 0 Å². The summed E-state index contributed by atoms with van der Waals surface area (Å²) >= 11 is 0. The molecular formula is C9H12O2. The molecule has 0 fully saturated rings. The first-order valence-corrected chi connectivity index (χ1v) is 3.56. The van der Waals surface area contributed by atoms with Gasteiger partial charge in [-0.1, -0.05) is 13.2 Å². The fraction of sp³-hybridized carbons (Fsp3) is 0.333. The first kappa shape index (κ1) is 7.92. The van der Waals surface area contributed by atoms with Crippen LogP contribution in [0.5, 0.6) is 0 Å². The van der Waals surface area contributed by atoms with Crippen LogP contribution >= 0.6 is 0 Å². The first-order valence-electron chi connectivity index (χ1n) is 3.56. The third-order valence-electron chi connectivity index (χ3n) is 1.42. The first-order chi connectivity index (χ1) is 5.27. The van der Waals surface area contributed by atoms with E-state index in [9.17, 15) is 0 Å². The Morgan fingerprint density at radius 2 is 2.00 bits per heavy atom. The average molecular weight is 152 g/mol. The van der Waals surface area contributed by atoms with Crippen LogP contribution < -0.4 is 0 Å². The second-order valence-electron chi connectivity index (χ2n) is 2.38. The van der Waals surface area contributed by atoms with Crippen LogP contribution in [0.2, 0.25) is 0 Å². The Morgan fingerprint density at radius 3 is 2.55 bits per heavy atom. The van der Waals surface area contributed by atoms with E-state index in [2.05, 4.69) is 13.2 Å². The summed E-state index contributed by atoms with van der Waals surface area (Å²) in [6.07, 6.45) is 3.36. The molecule has 0 amide bonds. The number of rotatable bonds is 2. The molecule has 2 heteroatoms. The molecule has 60 valence electrons. The predicted octanol–water partition coefficient (Wildman–Crippen LogP) is 2.01. The summed E-state index contributed by atoms with van der Waals surface area (Å²) < 4.78 is 10.7. The lowest BCUT2D eigenvalue weighted by atomic mass is 10.3. The van der Waals surface area contributed by atoms with Crippen molar-refractivity contribution in [2.75, 3.05) is 6.61 Å². The van der Waals surface area contributed by atoms with Crippen LogP contribution in [0.15, 0.2) is 36.8 Å². The van der Waals surface area contributed by atoms with Crippen LogP contribution in [0.1, 0.15) is 6.92 Å². The van der Waals surface area contributed by atoms with Crippen molar-refractivity contribution in [2.24, 2.45) is 0 Å². The van der Waals surface area contributed by atoms with E-state index in [4.69, 9.17) is 9.47 Å². The zero-order chi connectivity index (χ0) is 8.27. The summed E-state index contributed by atoms with van der Waals surface area (Å²) in [5, 5.41) is 0. The highest BCUT2D eigenvalue weighted by molar-refractivity contribution is 5.23. The summed E-state index contributed by atoms with van der Waals surface area (Å²) in [6.45, 7) is 9.73. The maximum absolute atomic E-state index is 5.40. The van der Waals surface area contributed by atoms with Crippen LogP contribution in [0.25, 0.3) is 0 Å². The van der Waals surface area contributed by atoms with Gasteiger partial charge in [-0.15, -0.1) is 0 Å². The predicted molar refractivity (Wildman–Crippen MR) is 43.9 cm³/mol. The molecule has 1 aliphatic rings. The van der Waals surface area contributed by atoms with Gasteiger partial charge >= 0.3 is 0 Å². The van der Waals surface area contributed by atoms with Gasteiger partial charge in [0, 0.05) is 0 Å². The second-order valence-corrected chi connectivity index (χ2v) is 2.38. The van der Waals surface area contributed by atoms with E-state index in [0.717, 1.165) is 0 Å². The number of allylic oxidation sites excluding steroid dienone is 2. The molecule has 1 aliphatic heterocycles. The molecule has 0 radical (unpaired) electrons. The summed E-state index contributed by atoms with van der Waals surface area (Å²) in [5.74, 6) is 1.36. The molecule has 1 atom stereocenters. The van der Waals surface area contributed by atoms with Gasteiger partial charge in [-0.05, 0) is 19.1 Å². The van der Waals surface area contributed by atoms with Gasteiger partial charge in [0.05, 0.1) is 0 Å². The number of hydrogen-bond acceptors (Lipinski definition) is 2. The summed E-state index contributed by atoms with van der Waals surface area (Å²) in [7, 11) is 0. The van der Waals surface area contributed by atoms with Gasteiger partial charge in [0.25, 0.3) is 0 Å². The minimum Gasteiger partial charge on any atom is -0.486 e. The molecule has 0 N–H and O–H groups in total. The van der Waals surface area contributed by atoms with Crippen molar-refractivity contribution in [3.8, 4) is 0 Å². The lowest BCUT2D eigenvalue weighted by Crippen LogP contribution is -2.21. The Kier molecular flexibility index (Phi) is 2.36. The second kappa shape index (κ2) is 3.28. The lowest BCUT2D eigenvalue weighted by Gasteiger charge is -2.23. The number of ether oxygens (including phenoxy) is 2. The van der Waals surface area contributed by atoms with E-state index >= 15 is 0 Å². The van der Waals surface area contributed by atoms with Gasteiger partial charge in [-0.3, -0.25) is 0 Å². The molecule has 1 unspecified atom stereocenters. The van der Waals surface area contributed by atoms with E-state index in [-0.39, 0.29) is 6.10 Å². The van der Waals surface area contributed by atoms with Gasteiger partial charge < -0.3 is 9.47 Å². The van der Waals surface area contributed by atoms with E-state index in [1.165, 1.54) is 0 Å². The minimum atomic E-state index is 0.103. The lowest BCUT2D eigenvalue weighted by molar-refractivity contribution is 0.0189. The molecular weight excluding hydrogens is 140 g/mol. The van der Waals surface area contributed by atoms with E-state index < -0.39 is 0 Å². The zero-order valence-corrected chi connectivity index (χ0v) is 6.67. The maximum Gasteiger partial charge on any atom is 0.161 e. The Hall–Kier alpha value is -1.18. The topological polar surface area (TPSA) is 18.5 Å². The summed E-state index contributed by atoms with van der Waals surface area (Å²) in [4.78, 5) is 0. The van der Waals surface area contributed by atoms with Crippen LogP contribution in [-0.4, -0.2) is 12.7 Å². The maximum atomic E-state index is 5.40. The van der Waals surface area contributed by atoms with Gasteiger partial charge in [0.15, 0.2) is 11.5 Å². The fourth-order valence-electron chi connectivity index (χ4n) is 0.895. The van der Waals surface area contributed by atoms with E-state index in [0.29, 0.717) is 18.1 Å². The third-order valence-corrected chi connectivity index (χ3v) is 1.42. The van der Waals surface area contributed by atoms with E-state index in [1.54, 1.807) is 12.2 Å². The molecule has 0 aromatic carbocycles. The molecule has 0 bridgehead atoms. The highest BCUT2D eigenvalue weighted by Gasteiger charge is 2.15. The molecule has 0 aromatic heterocycles. The fourth-order valence-corrected chi connectivity index (χ4v) is 0.895. The van der Waals surface area contributed by atoms with Gasteiger partial charge in [-0.25, -0.2) is 0 Å². The van der Waals surface area contributed by atoms with Crippen molar-refractivity contribution in [1.82, 2.24) is 0 Å². The molecule has 1 rings (SSSR count). The Labute approximate surface area is 66.8 Å². The molecule has 0 saturated carbocycles. The van der Waals surface area contributed by atoms with Gasteiger partial charge in [0.1, 0.15) is 12.7 Å². The molecule has 11 heavy (non-hydrogen) atoms. The molecule has 1 heterocycles. The Morgan fingerprint density at radius 1 is 1.36 bits per heavy atom. The quantitative estimate of drug-likeness (QED) is 0.602. The standard InChI is InChI=1S/C9H12O2/c1-4-8-9(5-2)11-7(3)6-10-8/h4-5,7H,1-2,6H2,3H3. The van der Waals surface area contributed by atoms with Crippen LogP contribution in [0.4, 0.5) is 0 Å². The van der Waals surface area contributed by atoms with Crippen LogP contribution in [0, 0.1) is 0 Å². The zero-order valence-electron chi connectivity index (χ0n) is 6.67. The largest absolute Gasteiger partial charge is 0.486 e. The Balaban J connectivity index is 2.82. The highest BCUT2D eigenvalue weighted by Crippen LogP contribution is 2.18. The van der Waals surface area contributed by atoms with Crippen molar-refractivity contribution >= 4 is 0 Å². The SMILES string of the molecule is C=CC1=C(C=C)OC(C)CO1. The van der Waals surface area contributed by atoms with Crippen molar-refractivity contribution in [3.05, 3.63) is 36.8 Å². The van der Waals surface area contributed by atoms with Crippen molar-refractivity contribution in [3.63, 3.8) is 0 Å².